The molecule has 0 aliphatic rings. The molecule has 1 amide bonds. The van der Waals surface area contributed by atoms with Crippen LogP contribution in [0, 0.1) is 0 Å². The van der Waals surface area contributed by atoms with Crippen LogP contribution < -0.4 is 14.8 Å². The van der Waals surface area contributed by atoms with Gasteiger partial charge in [0.2, 0.25) is 5.91 Å². The molecule has 0 aliphatic carbocycles. The van der Waals surface area contributed by atoms with E-state index in [0.717, 1.165) is 17.7 Å². The standard InChI is InChI=1S/C20H23Cl2NO3/c1-5-6-19(24)23-13-9-16(21)20(17(22)10-13)26-14-7-8-18(25-4)15(11-14)12(2)3/h7-12H,5-6H2,1-4H3,(H,23,24). The van der Waals surface area contributed by atoms with Gasteiger partial charge in [0.1, 0.15) is 11.5 Å². The number of hydrogen-bond donors (Lipinski definition) is 1. The van der Waals surface area contributed by atoms with Gasteiger partial charge >= 0.3 is 0 Å². The van der Waals surface area contributed by atoms with Gasteiger partial charge < -0.3 is 14.8 Å². The molecular weight excluding hydrogens is 373 g/mol. The fraction of sp³-hybridized carbons (Fsp3) is 0.350. The molecule has 26 heavy (non-hydrogen) atoms. The number of ether oxygens (including phenoxy) is 2. The number of methoxy groups -OCH3 is 1. The Labute approximate surface area is 164 Å². The zero-order chi connectivity index (χ0) is 19.3. The predicted octanol–water partition coefficient (Wildman–Crippen LogP) is 6.66. The molecule has 0 bridgehead atoms. The van der Waals surface area contributed by atoms with E-state index in [1.165, 1.54) is 0 Å². The van der Waals surface area contributed by atoms with E-state index in [-0.39, 0.29) is 11.8 Å². The topological polar surface area (TPSA) is 47.6 Å². The van der Waals surface area contributed by atoms with E-state index in [1.807, 2.05) is 19.1 Å². The van der Waals surface area contributed by atoms with E-state index in [1.54, 1.807) is 25.3 Å². The summed E-state index contributed by atoms with van der Waals surface area (Å²) in [6.45, 7) is 6.10. The van der Waals surface area contributed by atoms with Crippen molar-refractivity contribution in [3.05, 3.63) is 45.9 Å². The normalized spacial score (nSPS) is 10.7. The summed E-state index contributed by atoms with van der Waals surface area (Å²) in [7, 11) is 1.64. The van der Waals surface area contributed by atoms with E-state index in [0.29, 0.717) is 33.7 Å². The van der Waals surface area contributed by atoms with E-state index in [4.69, 9.17) is 32.7 Å². The predicted molar refractivity (Wildman–Crippen MR) is 107 cm³/mol. The van der Waals surface area contributed by atoms with Crippen LogP contribution in [-0.2, 0) is 4.79 Å². The van der Waals surface area contributed by atoms with Crippen molar-refractivity contribution in [2.45, 2.75) is 39.5 Å². The van der Waals surface area contributed by atoms with E-state index in [2.05, 4.69) is 19.2 Å². The zero-order valence-corrected chi connectivity index (χ0v) is 16.9. The smallest absolute Gasteiger partial charge is 0.224 e. The lowest BCUT2D eigenvalue weighted by molar-refractivity contribution is -0.116. The number of rotatable bonds is 7. The summed E-state index contributed by atoms with van der Waals surface area (Å²) in [5, 5.41) is 3.43. The van der Waals surface area contributed by atoms with Crippen molar-refractivity contribution >= 4 is 34.8 Å². The summed E-state index contributed by atoms with van der Waals surface area (Å²) in [6, 6.07) is 8.82. The summed E-state index contributed by atoms with van der Waals surface area (Å²) in [5.41, 5.74) is 1.57. The third kappa shape index (κ3) is 5.05. The third-order valence-corrected chi connectivity index (χ3v) is 4.36. The van der Waals surface area contributed by atoms with Crippen LogP contribution in [0.4, 0.5) is 5.69 Å². The minimum Gasteiger partial charge on any atom is -0.496 e. The van der Waals surface area contributed by atoms with Crippen LogP contribution in [0.15, 0.2) is 30.3 Å². The lowest BCUT2D eigenvalue weighted by Gasteiger charge is -2.16. The van der Waals surface area contributed by atoms with Crippen molar-refractivity contribution in [2.24, 2.45) is 0 Å². The maximum Gasteiger partial charge on any atom is 0.224 e. The molecule has 0 fully saturated rings. The summed E-state index contributed by atoms with van der Waals surface area (Å²) in [4.78, 5) is 11.7. The summed E-state index contributed by atoms with van der Waals surface area (Å²) < 4.78 is 11.3. The molecule has 1 N–H and O–H groups in total. The highest BCUT2D eigenvalue weighted by Gasteiger charge is 2.14. The van der Waals surface area contributed by atoms with Crippen LogP contribution in [-0.4, -0.2) is 13.0 Å². The highest BCUT2D eigenvalue weighted by Crippen LogP contribution is 2.40. The molecule has 0 aliphatic heterocycles. The van der Waals surface area contributed by atoms with Crippen molar-refractivity contribution < 1.29 is 14.3 Å². The number of carbonyl (C=O) groups is 1. The number of hydrogen-bond acceptors (Lipinski definition) is 3. The Balaban J connectivity index is 2.27. The molecule has 0 radical (unpaired) electrons. The first-order valence-electron chi connectivity index (χ1n) is 8.50. The highest BCUT2D eigenvalue weighted by molar-refractivity contribution is 6.37. The Bertz CT molecular complexity index is 768. The van der Waals surface area contributed by atoms with Gasteiger partial charge in [-0.25, -0.2) is 0 Å². The molecule has 0 heterocycles. The first kappa shape index (κ1) is 20.4. The van der Waals surface area contributed by atoms with Crippen molar-refractivity contribution in [3.63, 3.8) is 0 Å². The van der Waals surface area contributed by atoms with Crippen molar-refractivity contribution in [1.29, 1.82) is 0 Å². The van der Waals surface area contributed by atoms with Gasteiger partial charge in [0, 0.05) is 17.7 Å². The molecule has 140 valence electrons. The summed E-state index contributed by atoms with van der Waals surface area (Å²) >= 11 is 12.6. The van der Waals surface area contributed by atoms with Crippen molar-refractivity contribution in [2.75, 3.05) is 12.4 Å². The van der Waals surface area contributed by atoms with Crippen molar-refractivity contribution in [3.8, 4) is 17.2 Å². The number of carbonyl (C=O) groups excluding carboxylic acids is 1. The first-order valence-corrected chi connectivity index (χ1v) is 9.26. The lowest BCUT2D eigenvalue weighted by Crippen LogP contribution is -2.10. The van der Waals surface area contributed by atoms with E-state index in [9.17, 15) is 4.79 Å². The first-order chi connectivity index (χ1) is 12.3. The largest absolute Gasteiger partial charge is 0.496 e. The second kappa shape index (κ2) is 9.15. The van der Waals surface area contributed by atoms with Crippen LogP contribution in [0.1, 0.15) is 45.1 Å². The third-order valence-electron chi connectivity index (χ3n) is 3.80. The molecule has 0 saturated carbocycles. The van der Waals surface area contributed by atoms with Crippen LogP contribution in [0.2, 0.25) is 10.0 Å². The molecule has 0 unspecified atom stereocenters. The molecule has 0 aromatic heterocycles. The average Bonchev–Trinajstić information content (AvgIpc) is 2.58. The summed E-state index contributed by atoms with van der Waals surface area (Å²) in [6.07, 6.45) is 1.21. The Morgan fingerprint density at radius 1 is 1.15 bits per heavy atom. The fourth-order valence-corrected chi connectivity index (χ4v) is 3.09. The Kier molecular flexibility index (Phi) is 7.18. The van der Waals surface area contributed by atoms with Gasteiger partial charge in [0.25, 0.3) is 0 Å². The Hall–Kier alpha value is -1.91. The number of amides is 1. The van der Waals surface area contributed by atoms with Gasteiger partial charge in [-0.15, -0.1) is 0 Å². The monoisotopic (exact) mass is 395 g/mol. The maximum absolute atomic E-state index is 11.7. The maximum atomic E-state index is 11.7. The molecular formula is C20H23Cl2NO3. The van der Waals surface area contributed by atoms with Crippen LogP contribution >= 0.6 is 23.2 Å². The summed E-state index contributed by atoms with van der Waals surface area (Å²) in [5.74, 6) is 1.96. The van der Waals surface area contributed by atoms with Crippen LogP contribution in [0.25, 0.3) is 0 Å². The quantitative estimate of drug-likeness (QED) is 0.570. The van der Waals surface area contributed by atoms with Crippen molar-refractivity contribution in [1.82, 2.24) is 0 Å². The molecule has 2 rings (SSSR count). The Morgan fingerprint density at radius 3 is 2.35 bits per heavy atom. The van der Waals surface area contributed by atoms with Gasteiger partial charge in [-0.05, 0) is 42.7 Å². The van der Waals surface area contributed by atoms with Gasteiger partial charge in [0.15, 0.2) is 5.75 Å². The molecule has 0 saturated heterocycles. The number of nitrogens with one attached hydrogen (secondary N) is 1. The van der Waals surface area contributed by atoms with Crippen LogP contribution in [0.5, 0.6) is 17.2 Å². The lowest BCUT2D eigenvalue weighted by atomic mass is 10.0. The fourth-order valence-electron chi connectivity index (χ4n) is 2.53. The van der Waals surface area contributed by atoms with Gasteiger partial charge in [-0.2, -0.15) is 0 Å². The molecule has 4 nitrogen and oxygen atoms in total. The van der Waals surface area contributed by atoms with E-state index >= 15 is 0 Å². The van der Waals surface area contributed by atoms with Crippen LogP contribution in [0.3, 0.4) is 0 Å². The van der Waals surface area contributed by atoms with E-state index < -0.39 is 0 Å². The highest BCUT2D eigenvalue weighted by atomic mass is 35.5. The second-order valence-electron chi connectivity index (χ2n) is 6.23. The zero-order valence-electron chi connectivity index (χ0n) is 15.4. The molecule has 0 spiro atoms. The molecule has 2 aromatic rings. The molecule has 2 aromatic carbocycles. The number of anilines is 1. The van der Waals surface area contributed by atoms with Gasteiger partial charge in [-0.1, -0.05) is 44.0 Å². The van der Waals surface area contributed by atoms with Gasteiger partial charge in [-0.3, -0.25) is 4.79 Å². The average molecular weight is 396 g/mol. The number of benzene rings is 2. The number of halogens is 2. The SMILES string of the molecule is CCCC(=O)Nc1cc(Cl)c(Oc2ccc(OC)c(C(C)C)c2)c(Cl)c1. The van der Waals surface area contributed by atoms with Gasteiger partial charge in [0.05, 0.1) is 17.2 Å². The molecule has 6 heteroatoms. The minimum absolute atomic E-state index is 0.0787. The Morgan fingerprint density at radius 2 is 1.81 bits per heavy atom. The molecule has 0 atom stereocenters. The second-order valence-corrected chi connectivity index (χ2v) is 7.04. The minimum atomic E-state index is -0.0787.